The van der Waals surface area contributed by atoms with Gasteiger partial charge >= 0.3 is 5.97 Å². The Balaban J connectivity index is 2.58. The topological polar surface area (TPSA) is 127 Å². The number of rotatable bonds is 5. The molecule has 0 bridgehead atoms. The Morgan fingerprint density at radius 1 is 1.04 bits per heavy atom. The highest BCUT2D eigenvalue weighted by molar-refractivity contribution is 7.92. The number of hydrogen-bond acceptors (Lipinski definition) is 4. The fourth-order valence-electron chi connectivity index (χ4n) is 2.34. The van der Waals surface area contributed by atoms with Crippen LogP contribution in [0.5, 0.6) is 0 Å². The van der Waals surface area contributed by atoms with Crippen molar-refractivity contribution in [2.45, 2.75) is 18.7 Å². The first-order valence-electron chi connectivity index (χ1n) is 6.90. The van der Waals surface area contributed by atoms with Crippen LogP contribution in [0.3, 0.4) is 0 Å². The lowest BCUT2D eigenvalue weighted by atomic mass is 10.1. The standard InChI is InChI=1S/C16H16N2O5S/c1-9-5-3-7-12(15(17)19)14(9)18-24(22,23)13-8-4-6-11(10(13)2)16(20)21/h3-8,18H,1-2H3,(H2,17,19)(H,20,21). The van der Waals surface area contributed by atoms with Gasteiger partial charge in [-0.2, -0.15) is 0 Å². The number of benzene rings is 2. The van der Waals surface area contributed by atoms with E-state index < -0.39 is 21.9 Å². The average molecular weight is 348 g/mol. The first-order chi connectivity index (χ1) is 11.1. The Morgan fingerprint density at radius 3 is 2.21 bits per heavy atom. The van der Waals surface area contributed by atoms with Gasteiger partial charge in [-0.25, -0.2) is 13.2 Å². The van der Waals surface area contributed by atoms with Crippen LogP contribution in [0.15, 0.2) is 41.3 Å². The second-order valence-corrected chi connectivity index (χ2v) is 6.85. The number of nitrogens with one attached hydrogen (secondary N) is 1. The first-order valence-corrected chi connectivity index (χ1v) is 8.38. The number of sulfonamides is 1. The summed E-state index contributed by atoms with van der Waals surface area (Å²) in [7, 11) is -4.10. The van der Waals surface area contributed by atoms with Crippen molar-refractivity contribution in [1.82, 2.24) is 0 Å². The van der Waals surface area contributed by atoms with Crippen molar-refractivity contribution < 1.29 is 23.1 Å². The van der Waals surface area contributed by atoms with E-state index >= 15 is 0 Å². The van der Waals surface area contributed by atoms with Crippen LogP contribution in [0.4, 0.5) is 5.69 Å². The van der Waals surface area contributed by atoms with E-state index in [1.807, 2.05) is 0 Å². The van der Waals surface area contributed by atoms with Crippen molar-refractivity contribution in [1.29, 1.82) is 0 Å². The minimum atomic E-state index is -4.10. The summed E-state index contributed by atoms with van der Waals surface area (Å²) in [6.07, 6.45) is 0. The maximum absolute atomic E-state index is 12.7. The van der Waals surface area contributed by atoms with Crippen molar-refractivity contribution in [3.63, 3.8) is 0 Å². The maximum Gasteiger partial charge on any atom is 0.335 e. The van der Waals surface area contributed by atoms with E-state index in [-0.39, 0.29) is 27.3 Å². The van der Waals surface area contributed by atoms with Crippen LogP contribution >= 0.6 is 0 Å². The smallest absolute Gasteiger partial charge is 0.335 e. The zero-order valence-electron chi connectivity index (χ0n) is 13.0. The van der Waals surface area contributed by atoms with Crippen molar-refractivity contribution in [3.05, 3.63) is 58.7 Å². The SMILES string of the molecule is Cc1cccc(C(N)=O)c1NS(=O)(=O)c1cccc(C(=O)O)c1C. The summed E-state index contributed by atoms with van der Waals surface area (Å²) in [5.41, 5.74) is 5.90. The number of primary amides is 1. The van der Waals surface area contributed by atoms with Gasteiger partial charge in [0.25, 0.3) is 15.9 Å². The molecule has 2 aromatic carbocycles. The van der Waals surface area contributed by atoms with Crippen molar-refractivity contribution in [3.8, 4) is 0 Å². The zero-order valence-corrected chi connectivity index (χ0v) is 13.8. The number of carboxylic acid groups (broad SMARTS) is 1. The van der Waals surface area contributed by atoms with Gasteiger partial charge < -0.3 is 10.8 Å². The molecule has 0 unspecified atom stereocenters. The van der Waals surface area contributed by atoms with Gasteiger partial charge in [-0.1, -0.05) is 18.2 Å². The van der Waals surface area contributed by atoms with E-state index in [1.165, 1.54) is 31.2 Å². The maximum atomic E-state index is 12.7. The molecule has 4 N–H and O–H groups in total. The summed E-state index contributed by atoms with van der Waals surface area (Å²) >= 11 is 0. The molecule has 0 saturated carbocycles. The third-order valence-electron chi connectivity index (χ3n) is 3.58. The monoisotopic (exact) mass is 348 g/mol. The zero-order chi connectivity index (χ0) is 18.1. The van der Waals surface area contributed by atoms with Gasteiger partial charge in [0, 0.05) is 0 Å². The number of carbonyl (C=O) groups excluding carboxylic acids is 1. The largest absolute Gasteiger partial charge is 0.478 e. The summed E-state index contributed by atoms with van der Waals surface area (Å²) in [5, 5.41) is 9.13. The molecule has 0 aliphatic heterocycles. The first kappa shape index (κ1) is 17.5. The molecule has 0 atom stereocenters. The Hall–Kier alpha value is -2.87. The van der Waals surface area contributed by atoms with Crippen LogP contribution in [0.25, 0.3) is 0 Å². The third kappa shape index (κ3) is 3.23. The molecule has 8 heteroatoms. The van der Waals surface area contributed by atoms with E-state index in [1.54, 1.807) is 19.1 Å². The summed E-state index contributed by atoms with van der Waals surface area (Å²) in [4.78, 5) is 22.5. The molecule has 1 amide bonds. The average Bonchev–Trinajstić information content (AvgIpc) is 2.48. The predicted molar refractivity (Wildman–Crippen MR) is 88.6 cm³/mol. The Bertz CT molecular complexity index is 935. The molecule has 7 nitrogen and oxygen atoms in total. The minimum Gasteiger partial charge on any atom is -0.478 e. The molecule has 2 rings (SSSR count). The van der Waals surface area contributed by atoms with Gasteiger partial charge in [-0.05, 0) is 43.2 Å². The van der Waals surface area contributed by atoms with Crippen LogP contribution in [-0.2, 0) is 10.0 Å². The van der Waals surface area contributed by atoms with Crippen molar-refractivity contribution in [2.75, 3.05) is 4.72 Å². The van der Waals surface area contributed by atoms with E-state index in [0.29, 0.717) is 5.56 Å². The number of carbonyl (C=O) groups is 2. The number of hydrogen-bond donors (Lipinski definition) is 3. The fraction of sp³-hybridized carbons (Fsp3) is 0.125. The predicted octanol–water partition coefficient (Wildman–Crippen LogP) is 1.90. The van der Waals surface area contributed by atoms with Crippen LogP contribution in [0.2, 0.25) is 0 Å². The molecule has 0 radical (unpaired) electrons. The number of aryl methyl sites for hydroxylation is 1. The molecule has 0 aliphatic rings. The van der Waals surface area contributed by atoms with Crippen LogP contribution < -0.4 is 10.5 Å². The molecule has 24 heavy (non-hydrogen) atoms. The summed E-state index contributed by atoms with van der Waals surface area (Å²) in [6.45, 7) is 3.04. The number of nitrogens with two attached hydrogens (primary N) is 1. The van der Waals surface area contributed by atoms with Crippen LogP contribution in [0, 0.1) is 13.8 Å². The van der Waals surface area contributed by atoms with Crippen LogP contribution in [-0.4, -0.2) is 25.4 Å². The Morgan fingerprint density at radius 2 is 1.62 bits per heavy atom. The van der Waals surface area contributed by atoms with Gasteiger partial charge in [-0.15, -0.1) is 0 Å². The quantitative estimate of drug-likeness (QED) is 0.760. The van der Waals surface area contributed by atoms with Crippen molar-refractivity contribution >= 4 is 27.6 Å². The molecule has 126 valence electrons. The van der Waals surface area contributed by atoms with Crippen molar-refractivity contribution in [2.24, 2.45) is 5.73 Å². The highest BCUT2D eigenvalue weighted by atomic mass is 32.2. The van der Waals surface area contributed by atoms with E-state index in [4.69, 9.17) is 10.8 Å². The third-order valence-corrected chi connectivity index (χ3v) is 5.07. The minimum absolute atomic E-state index is 0.0330. The summed E-state index contributed by atoms with van der Waals surface area (Å²) < 4.78 is 27.7. The molecular weight excluding hydrogens is 332 g/mol. The van der Waals surface area contributed by atoms with E-state index in [2.05, 4.69) is 4.72 Å². The van der Waals surface area contributed by atoms with Crippen LogP contribution in [0.1, 0.15) is 31.8 Å². The number of para-hydroxylation sites is 1. The number of aromatic carboxylic acids is 1. The molecule has 2 aromatic rings. The number of carboxylic acids is 1. The highest BCUT2D eigenvalue weighted by Crippen LogP contribution is 2.26. The second kappa shape index (κ2) is 6.32. The number of anilines is 1. The molecule has 0 heterocycles. The van der Waals surface area contributed by atoms with Gasteiger partial charge in [-0.3, -0.25) is 9.52 Å². The summed E-state index contributed by atoms with van der Waals surface area (Å²) in [6, 6.07) is 8.59. The van der Waals surface area contributed by atoms with Gasteiger partial charge in [0.05, 0.1) is 21.7 Å². The van der Waals surface area contributed by atoms with E-state index in [0.717, 1.165) is 0 Å². The van der Waals surface area contributed by atoms with Gasteiger partial charge in [0.15, 0.2) is 0 Å². The van der Waals surface area contributed by atoms with Gasteiger partial charge in [0.2, 0.25) is 0 Å². The molecule has 0 aliphatic carbocycles. The second-order valence-electron chi connectivity index (χ2n) is 5.20. The molecular formula is C16H16N2O5S. The molecule has 0 spiro atoms. The molecule has 0 fully saturated rings. The Kier molecular flexibility index (Phi) is 4.61. The lowest BCUT2D eigenvalue weighted by molar-refractivity contribution is 0.0695. The molecule has 0 saturated heterocycles. The lowest BCUT2D eigenvalue weighted by Crippen LogP contribution is -2.20. The normalized spacial score (nSPS) is 11.1. The Labute approximate surface area is 139 Å². The fourth-order valence-corrected chi connectivity index (χ4v) is 3.76. The van der Waals surface area contributed by atoms with Gasteiger partial charge in [0.1, 0.15) is 0 Å². The van der Waals surface area contributed by atoms with E-state index in [9.17, 15) is 18.0 Å². The summed E-state index contributed by atoms with van der Waals surface area (Å²) in [5.74, 6) is -1.99. The molecule has 0 aromatic heterocycles. The lowest BCUT2D eigenvalue weighted by Gasteiger charge is -2.15. The number of amides is 1. The highest BCUT2D eigenvalue weighted by Gasteiger charge is 2.23.